The molecule has 1 amide bonds. The molecular formula is C13H15BrN2O4. The molecule has 1 atom stereocenters. The van der Waals surface area contributed by atoms with Crippen LogP contribution in [0.4, 0.5) is 5.69 Å². The SMILES string of the molecule is Nc1ccc(Br)c(C(=O)N2CCOC(CC(=O)O)C2)c1. The first-order valence-electron chi connectivity index (χ1n) is 6.15. The minimum Gasteiger partial charge on any atom is -0.481 e. The van der Waals surface area contributed by atoms with Crippen LogP contribution in [0.2, 0.25) is 0 Å². The standard InChI is InChI=1S/C13H15BrN2O4/c14-11-2-1-8(15)5-10(11)13(19)16-3-4-20-9(7-16)6-12(17)18/h1-2,5,9H,3-4,6-7,15H2,(H,17,18). The third-order valence-corrected chi connectivity index (χ3v) is 3.74. The van der Waals surface area contributed by atoms with Gasteiger partial charge < -0.3 is 20.5 Å². The molecule has 0 aromatic heterocycles. The van der Waals surface area contributed by atoms with E-state index in [1.807, 2.05) is 0 Å². The summed E-state index contributed by atoms with van der Waals surface area (Å²) in [4.78, 5) is 24.7. The number of halogens is 1. The van der Waals surface area contributed by atoms with Crippen molar-refractivity contribution in [2.75, 3.05) is 25.4 Å². The Labute approximate surface area is 124 Å². The number of carbonyl (C=O) groups is 2. The van der Waals surface area contributed by atoms with Crippen molar-refractivity contribution in [3.63, 3.8) is 0 Å². The van der Waals surface area contributed by atoms with Crippen molar-refractivity contribution in [3.05, 3.63) is 28.2 Å². The number of hydrogen-bond acceptors (Lipinski definition) is 4. The highest BCUT2D eigenvalue weighted by Crippen LogP contribution is 2.22. The molecule has 0 bridgehead atoms. The van der Waals surface area contributed by atoms with Gasteiger partial charge in [0.05, 0.1) is 24.7 Å². The number of carbonyl (C=O) groups excluding carboxylic acids is 1. The largest absolute Gasteiger partial charge is 0.481 e. The Balaban J connectivity index is 2.12. The first-order chi connectivity index (χ1) is 9.47. The molecule has 1 aromatic carbocycles. The molecule has 108 valence electrons. The number of amides is 1. The van der Waals surface area contributed by atoms with Gasteiger partial charge in [-0.1, -0.05) is 0 Å². The van der Waals surface area contributed by atoms with Crippen LogP contribution in [0.1, 0.15) is 16.8 Å². The van der Waals surface area contributed by atoms with Crippen LogP contribution in [0.5, 0.6) is 0 Å². The smallest absolute Gasteiger partial charge is 0.306 e. The van der Waals surface area contributed by atoms with Gasteiger partial charge in [-0.2, -0.15) is 0 Å². The maximum absolute atomic E-state index is 12.4. The quantitative estimate of drug-likeness (QED) is 0.808. The van der Waals surface area contributed by atoms with E-state index in [1.54, 1.807) is 23.1 Å². The van der Waals surface area contributed by atoms with E-state index < -0.39 is 12.1 Å². The number of benzene rings is 1. The van der Waals surface area contributed by atoms with E-state index in [9.17, 15) is 9.59 Å². The molecule has 1 fully saturated rings. The molecule has 1 unspecified atom stereocenters. The number of nitrogens with zero attached hydrogens (tertiary/aromatic N) is 1. The van der Waals surface area contributed by atoms with Crippen LogP contribution in [0.15, 0.2) is 22.7 Å². The highest BCUT2D eigenvalue weighted by Gasteiger charge is 2.27. The lowest BCUT2D eigenvalue weighted by molar-refractivity contribution is -0.141. The van der Waals surface area contributed by atoms with E-state index in [0.29, 0.717) is 28.9 Å². The van der Waals surface area contributed by atoms with Crippen LogP contribution in [-0.4, -0.2) is 47.7 Å². The lowest BCUT2D eigenvalue weighted by Crippen LogP contribution is -2.46. The number of morpholine rings is 1. The average Bonchev–Trinajstić information content (AvgIpc) is 2.40. The van der Waals surface area contributed by atoms with Gasteiger partial charge in [0.1, 0.15) is 0 Å². The van der Waals surface area contributed by atoms with Gasteiger partial charge in [-0.25, -0.2) is 0 Å². The van der Waals surface area contributed by atoms with E-state index in [2.05, 4.69) is 15.9 Å². The molecule has 1 saturated heterocycles. The van der Waals surface area contributed by atoms with Gasteiger partial charge in [0.25, 0.3) is 5.91 Å². The highest BCUT2D eigenvalue weighted by molar-refractivity contribution is 9.10. The van der Waals surface area contributed by atoms with Gasteiger partial charge in [0.15, 0.2) is 0 Å². The Bertz CT molecular complexity index is 535. The Morgan fingerprint density at radius 1 is 1.50 bits per heavy atom. The zero-order valence-electron chi connectivity index (χ0n) is 10.7. The summed E-state index contributed by atoms with van der Waals surface area (Å²) < 4.78 is 6.01. The normalized spacial score (nSPS) is 18.9. The fraction of sp³-hybridized carbons (Fsp3) is 0.385. The monoisotopic (exact) mass is 342 g/mol. The van der Waals surface area contributed by atoms with Crippen LogP contribution >= 0.6 is 15.9 Å². The van der Waals surface area contributed by atoms with Crippen molar-refractivity contribution in [2.45, 2.75) is 12.5 Å². The molecule has 1 aliphatic heterocycles. The van der Waals surface area contributed by atoms with Crippen molar-refractivity contribution in [3.8, 4) is 0 Å². The molecule has 1 aliphatic rings. The summed E-state index contributed by atoms with van der Waals surface area (Å²) >= 11 is 3.32. The number of nitrogens with two attached hydrogens (primary N) is 1. The summed E-state index contributed by atoms with van der Waals surface area (Å²) in [7, 11) is 0. The van der Waals surface area contributed by atoms with Crippen molar-refractivity contribution >= 4 is 33.5 Å². The van der Waals surface area contributed by atoms with Crippen molar-refractivity contribution in [1.82, 2.24) is 4.90 Å². The summed E-state index contributed by atoms with van der Waals surface area (Å²) in [5.41, 5.74) is 6.67. The first kappa shape index (κ1) is 14.8. The summed E-state index contributed by atoms with van der Waals surface area (Å²) in [5.74, 6) is -1.11. The zero-order valence-corrected chi connectivity index (χ0v) is 12.3. The van der Waals surface area contributed by atoms with E-state index >= 15 is 0 Å². The molecule has 20 heavy (non-hydrogen) atoms. The molecule has 0 spiro atoms. The number of carboxylic acids is 1. The van der Waals surface area contributed by atoms with Gasteiger partial charge in [-0.15, -0.1) is 0 Å². The summed E-state index contributed by atoms with van der Waals surface area (Å²) in [6, 6.07) is 5.03. The second kappa shape index (κ2) is 6.23. The number of anilines is 1. The minimum absolute atomic E-state index is 0.109. The van der Waals surface area contributed by atoms with E-state index in [4.69, 9.17) is 15.6 Å². The minimum atomic E-state index is -0.936. The van der Waals surface area contributed by atoms with Crippen LogP contribution in [0.3, 0.4) is 0 Å². The van der Waals surface area contributed by atoms with E-state index in [1.165, 1.54) is 0 Å². The zero-order chi connectivity index (χ0) is 14.7. The lowest BCUT2D eigenvalue weighted by Gasteiger charge is -2.32. The van der Waals surface area contributed by atoms with Crippen molar-refractivity contribution in [1.29, 1.82) is 0 Å². The Hall–Kier alpha value is -1.60. The van der Waals surface area contributed by atoms with Gasteiger partial charge in [-0.3, -0.25) is 9.59 Å². The molecule has 1 aromatic rings. The molecule has 1 heterocycles. The predicted molar refractivity (Wildman–Crippen MR) is 76.5 cm³/mol. The molecule has 2 rings (SSSR count). The van der Waals surface area contributed by atoms with Gasteiger partial charge >= 0.3 is 5.97 Å². The van der Waals surface area contributed by atoms with E-state index in [0.717, 1.165) is 0 Å². The molecule has 7 heteroatoms. The third kappa shape index (κ3) is 3.49. The van der Waals surface area contributed by atoms with E-state index in [-0.39, 0.29) is 18.9 Å². The summed E-state index contributed by atoms with van der Waals surface area (Å²) in [5, 5.41) is 8.78. The second-order valence-electron chi connectivity index (χ2n) is 4.58. The number of rotatable bonds is 3. The van der Waals surface area contributed by atoms with Crippen LogP contribution in [-0.2, 0) is 9.53 Å². The Morgan fingerprint density at radius 3 is 2.95 bits per heavy atom. The third-order valence-electron chi connectivity index (χ3n) is 3.05. The molecule has 6 nitrogen and oxygen atoms in total. The highest BCUT2D eigenvalue weighted by atomic mass is 79.9. The first-order valence-corrected chi connectivity index (χ1v) is 6.94. The molecule has 0 saturated carbocycles. The fourth-order valence-corrected chi connectivity index (χ4v) is 2.52. The van der Waals surface area contributed by atoms with Gasteiger partial charge in [0, 0.05) is 23.2 Å². The molecule has 3 N–H and O–H groups in total. The number of aliphatic carboxylic acids is 1. The lowest BCUT2D eigenvalue weighted by atomic mass is 10.1. The molecule has 0 aliphatic carbocycles. The van der Waals surface area contributed by atoms with Gasteiger partial charge in [0.2, 0.25) is 0 Å². The number of ether oxygens (including phenoxy) is 1. The molecular weight excluding hydrogens is 328 g/mol. The Kier molecular flexibility index (Phi) is 4.61. The van der Waals surface area contributed by atoms with Crippen molar-refractivity contribution in [2.24, 2.45) is 0 Å². The van der Waals surface area contributed by atoms with Crippen LogP contribution in [0.25, 0.3) is 0 Å². The fourth-order valence-electron chi connectivity index (χ4n) is 2.10. The van der Waals surface area contributed by atoms with Crippen LogP contribution < -0.4 is 5.73 Å². The maximum atomic E-state index is 12.4. The van der Waals surface area contributed by atoms with Crippen LogP contribution in [0, 0.1) is 0 Å². The second-order valence-corrected chi connectivity index (χ2v) is 5.44. The number of hydrogen-bond donors (Lipinski definition) is 2. The summed E-state index contributed by atoms with van der Waals surface area (Å²) in [6.45, 7) is 1.05. The molecule has 0 radical (unpaired) electrons. The van der Waals surface area contributed by atoms with Crippen molar-refractivity contribution < 1.29 is 19.4 Å². The summed E-state index contributed by atoms with van der Waals surface area (Å²) in [6.07, 6.45) is -0.577. The Morgan fingerprint density at radius 2 is 2.25 bits per heavy atom. The number of nitrogen functional groups attached to an aromatic ring is 1. The predicted octanol–water partition coefficient (Wildman–Crippen LogP) is 1.35. The average molecular weight is 343 g/mol. The topological polar surface area (TPSA) is 92.9 Å². The number of carboxylic acid groups (broad SMARTS) is 1. The van der Waals surface area contributed by atoms with Gasteiger partial charge in [-0.05, 0) is 34.1 Å². The maximum Gasteiger partial charge on any atom is 0.306 e.